The highest BCUT2D eigenvalue weighted by Gasteiger charge is 2.31. The van der Waals surface area contributed by atoms with E-state index >= 15 is 0 Å². The standard InChI is InChI=1S/C17H12ClF3N4/c18-11-3-6-14-13(9-11)24-15(16-22-7-8-25(14)16)23-12-4-1-10(2-5-12)17(19,20)21/h1-6,9H,7-8H2,(H,23,24). The van der Waals surface area contributed by atoms with E-state index in [9.17, 15) is 13.2 Å². The van der Waals surface area contributed by atoms with Gasteiger partial charge in [0.05, 0.1) is 23.5 Å². The largest absolute Gasteiger partial charge is 0.416 e. The molecule has 0 bridgehead atoms. The molecule has 2 aliphatic heterocycles. The van der Waals surface area contributed by atoms with Gasteiger partial charge in [0, 0.05) is 17.3 Å². The molecule has 8 heteroatoms. The van der Waals surface area contributed by atoms with Crippen molar-refractivity contribution >= 4 is 40.3 Å². The van der Waals surface area contributed by atoms with Gasteiger partial charge in [-0.2, -0.15) is 13.2 Å². The maximum Gasteiger partial charge on any atom is 0.416 e. The number of alkyl halides is 3. The van der Waals surface area contributed by atoms with Crippen LogP contribution < -0.4 is 10.2 Å². The first kappa shape index (κ1) is 16.0. The minimum absolute atomic E-state index is 0.493. The average Bonchev–Trinajstić information content (AvgIpc) is 3.04. The third-order valence-electron chi connectivity index (χ3n) is 3.99. The Balaban J connectivity index is 1.67. The van der Waals surface area contributed by atoms with Crippen LogP contribution in [0.25, 0.3) is 0 Å². The van der Waals surface area contributed by atoms with Gasteiger partial charge in [0.1, 0.15) is 0 Å². The van der Waals surface area contributed by atoms with Crippen molar-refractivity contribution in [1.82, 2.24) is 0 Å². The number of fused-ring (bicyclic) bond motifs is 3. The summed E-state index contributed by atoms with van der Waals surface area (Å²) in [5, 5.41) is 3.62. The third kappa shape index (κ3) is 2.95. The first-order valence-corrected chi connectivity index (χ1v) is 7.94. The predicted octanol–water partition coefficient (Wildman–Crippen LogP) is 4.73. The molecule has 128 valence electrons. The zero-order valence-corrected chi connectivity index (χ0v) is 13.6. The molecule has 4 nitrogen and oxygen atoms in total. The number of amidine groups is 2. The molecule has 2 aliphatic rings. The first-order valence-electron chi connectivity index (χ1n) is 7.57. The molecule has 0 atom stereocenters. The maximum absolute atomic E-state index is 12.7. The number of hydrogen-bond donors (Lipinski definition) is 1. The van der Waals surface area contributed by atoms with Crippen LogP contribution in [0.4, 0.5) is 30.2 Å². The average molecular weight is 365 g/mol. The van der Waals surface area contributed by atoms with Crippen LogP contribution in [0.15, 0.2) is 52.4 Å². The van der Waals surface area contributed by atoms with E-state index in [-0.39, 0.29) is 0 Å². The van der Waals surface area contributed by atoms with E-state index in [4.69, 9.17) is 11.6 Å². The number of anilines is 2. The molecule has 2 heterocycles. The third-order valence-corrected chi connectivity index (χ3v) is 4.22. The van der Waals surface area contributed by atoms with Crippen LogP contribution in [0.5, 0.6) is 0 Å². The summed E-state index contributed by atoms with van der Waals surface area (Å²) in [7, 11) is 0. The van der Waals surface area contributed by atoms with E-state index in [1.54, 1.807) is 12.1 Å². The normalized spacial score (nSPS) is 16.1. The Morgan fingerprint density at radius 1 is 1.08 bits per heavy atom. The zero-order chi connectivity index (χ0) is 17.6. The van der Waals surface area contributed by atoms with Crippen LogP contribution in [0, 0.1) is 0 Å². The maximum atomic E-state index is 12.7. The quantitative estimate of drug-likeness (QED) is 0.794. The minimum atomic E-state index is -4.36. The Labute approximate surface area is 146 Å². The second-order valence-electron chi connectivity index (χ2n) is 5.65. The van der Waals surface area contributed by atoms with Gasteiger partial charge in [0.2, 0.25) is 0 Å². The molecule has 0 aromatic heterocycles. The monoisotopic (exact) mass is 364 g/mol. The van der Waals surface area contributed by atoms with Gasteiger partial charge in [0.15, 0.2) is 11.7 Å². The van der Waals surface area contributed by atoms with Crippen molar-refractivity contribution in [2.45, 2.75) is 6.18 Å². The predicted molar refractivity (Wildman–Crippen MR) is 93.3 cm³/mol. The molecular weight excluding hydrogens is 353 g/mol. The van der Waals surface area contributed by atoms with Gasteiger partial charge >= 0.3 is 6.18 Å². The summed E-state index contributed by atoms with van der Waals surface area (Å²) in [6.07, 6.45) is -4.36. The van der Waals surface area contributed by atoms with Crippen LogP contribution in [-0.2, 0) is 6.18 Å². The fraction of sp³-hybridized carbons (Fsp3) is 0.176. The first-order chi connectivity index (χ1) is 11.9. The van der Waals surface area contributed by atoms with Crippen LogP contribution >= 0.6 is 11.6 Å². The van der Waals surface area contributed by atoms with Gasteiger partial charge in [-0.15, -0.1) is 0 Å². The molecular formula is C17H12ClF3N4. The summed E-state index contributed by atoms with van der Waals surface area (Å²) < 4.78 is 38.0. The van der Waals surface area contributed by atoms with Crippen molar-refractivity contribution in [2.75, 3.05) is 23.3 Å². The summed E-state index contributed by atoms with van der Waals surface area (Å²) >= 11 is 6.04. The van der Waals surface area contributed by atoms with Crippen molar-refractivity contribution in [3.8, 4) is 0 Å². The van der Waals surface area contributed by atoms with Gasteiger partial charge in [-0.05, 0) is 42.5 Å². The number of halogens is 4. The lowest BCUT2D eigenvalue weighted by Gasteiger charge is -2.27. The fourth-order valence-electron chi connectivity index (χ4n) is 2.83. The molecule has 2 aromatic rings. The van der Waals surface area contributed by atoms with Gasteiger partial charge in [-0.3, -0.25) is 4.99 Å². The smallest absolute Gasteiger partial charge is 0.337 e. The molecule has 0 amide bonds. The van der Waals surface area contributed by atoms with Crippen LogP contribution in [0.3, 0.4) is 0 Å². The number of benzene rings is 2. The molecule has 25 heavy (non-hydrogen) atoms. The Morgan fingerprint density at radius 3 is 2.56 bits per heavy atom. The number of rotatable bonds is 1. The highest BCUT2D eigenvalue weighted by molar-refractivity contribution is 6.51. The van der Waals surface area contributed by atoms with E-state index in [1.807, 2.05) is 11.0 Å². The van der Waals surface area contributed by atoms with Gasteiger partial charge < -0.3 is 10.2 Å². The summed E-state index contributed by atoms with van der Waals surface area (Å²) in [5.74, 6) is 1.17. The molecule has 0 spiro atoms. The lowest BCUT2D eigenvalue weighted by atomic mass is 10.2. The SMILES string of the molecule is FC(F)(F)c1ccc(NC2=Nc3cc(Cl)ccc3N3CCN=C23)cc1. The minimum Gasteiger partial charge on any atom is -0.337 e. The van der Waals surface area contributed by atoms with Gasteiger partial charge in [-0.1, -0.05) is 11.6 Å². The van der Waals surface area contributed by atoms with Crippen LogP contribution in [0.2, 0.25) is 5.02 Å². The van der Waals surface area contributed by atoms with E-state index in [1.165, 1.54) is 12.1 Å². The Morgan fingerprint density at radius 2 is 1.84 bits per heavy atom. The van der Waals surface area contributed by atoms with Crippen molar-refractivity contribution < 1.29 is 13.2 Å². The number of aliphatic imine (C=N–C) groups is 2. The lowest BCUT2D eigenvalue weighted by Crippen LogP contribution is -2.39. The topological polar surface area (TPSA) is 40.0 Å². The molecule has 0 radical (unpaired) electrons. The number of hydrogen-bond acceptors (Lipinski definition) is 4. The highest BCUT2D eigenvalue weighted by atomic mass is 35.5. The van der Waals surface area contributed by atoms with Crippen molar-refractivity contribution in [3.63, 3.8) is 0 Å². The molecule has 4 rings (SSSR count). The number of nitrogens with one attached hydrogen (secondary N) is 1. The van der Waals surface area contributed by atoms with Crippen molar-refractivity contribution in [2.24, 2.45) is 9.98 Å². The van der Waals surface area contributed by atoms with Crippen molar-refractivity contribution in [3.05, 3.63) is 53.1 Å². The molecule has 2 aromatic carbocycles. The van der Waals surface area contributed by atoms with Crippen LogP contribution in [0.1, 0.15) is 5.56 Å². The lowest BCUT2D eigenvalue weighted by molar-refractivity contribution is -0.137. The van der Waals surface area contributed by atoms with Gasteiger partial charge in [-0.25, -0.2) is 4.99 Å². The fourth-order valence-corrected chi connectivity index (χ4v) is 3.00. The summed E-state index contributed by atoms with van der Waals surface area (Å²) in [4.78, 5) is 11.0. The van der Waals surface area contributed by atoms with Crippen LogP contribution in [-0.4, -0.2) is 24.8 Å². The van der Waals surface area contributed by atoms with Crippen molar-refractivity contribution in [1.29, 1.82) is 0 Å². The van der Waals surface area contributed by atoms with E-state index in [2.05, 4.69) is 15.3 Å². The van der Waals surface area contributed by atoms with Gasteiger partial charge in [0.25, 0.3) is 0 Å². The molecule has 0 fully saturated rings. The molecule has 0 aliphatic carbocycles. The Hall–Kier alpha value is -2.54. The summed E-state index contributed by atoms with van der Waals surface area (Å²) in [6, 6.07) is 10.2. The molecule has 0 saturated heterocycles. The molecule has 0 saturated carbocycles. The zero-order valence-electron chi connectivity index (χ0n) is 12.8. The second kappa shape index (κ2) is 5.77. The Bertz CT molecular complexity index is 888. The Kier molecular flexibility index (Phi) is 3.68. The second-order valence-corrected chi connectivity index (χ2v) is 6.09. The summed E-state index contributed by atoms with van der Waals surface area (Å²) in [5.41, 5.74) is 1.42. The van der Waals surface area contributed by atoms with E-state index < -0.39 is 11.7 Å². The van der Waals surface area contributed by atoms with E-state index in [0.717, 1.165) is 24.4 Å². The molecule has 0 unspecified atom stereocenters. The number of nitrogens with zero attached hydrogens (tertiary/aromatic N) is 3. The summed E-state index contributed by atoms with van der Waals surface area (Å²) in [6.45, 7) is 1.35. The highest BCUT2D eigenvalue weighted by Crippen LogP contribution is 2.37. The molecule has 1 N–H and O–H groups in total. The van der Waals surface area contributed by atoms with E-state index in [0.29, 0.717) is 34.6 Å².